The average molecular weight is 370 g/mol. The summed E-state index contributed by atoms with van der Waals surface area (Å²) in [5.74, 6) is -0.661. The van der Waals surface area contributed by atoms with E-state index in [1.54, 1.807) is 18.3 Å². The molecule has 0 aliphatic carbocycles. The number of hydrogen-bond acceptors (Lipinski definition) is 4. The van der Waals surface area contributed by atoms with E-state index < -0.39 is 11.5 Å². The van der Waals surface area contributed by atoms with Crippen molar-refractivity contribution in [3.63, 3.8) is 0 Å². The SMILES string of the molecule is O=C(Cn1c(=O)n(-c2ccc(F)cc2)c2ncccc21)NCC1CCCO1. The molecule has 3 aromatic rings. The van der Waals surface area contributed by atoms with Crippen LogP contribution in [0, 0.1) is 5.82 Å². The normalized spacial score (nSPS) is 16.7. The maximum atomic E-state index is 13.2. The summed E-state index contributed by atoms with van der Waals surface area (Å²) in [6, 6.07) is 9.01. The molecular weight excluding hydrogens is 351 g/mol. The van der Waals surface area contributed by atoms with Crippen LogP contribution < -0.4 is 11.0 Å². The number of nitrogens with one attached hydrogen (secondary N) is 1. The Morgan fingerprint density at radius 2 is 2.11 bits per heavy atom. The van der Waals surface area contributed by atoms with Crippen molar-refractivity contribution in [1.82, 2.24) is 19.4 Å². The highest BCUT2D eigenvalue weighted by Gasteiger charge is 2.19. The summed E-state index contributed by atoms with van der Waals surface area (Å²) in [4.78, 5) is 29.6. The van der Waals surface area contributed by atoms with Crippen molar-refractivity contribution in [3.05, 3.63) is 58.9 Å². The Balaban J connectivity index is 1.64. The van der Waals surface area contributed by atoms with Crippen LogP contribution in [-0.4, -0.2) is 39.3 Å². The number of amides is 1. The third kappa shape index (κ3) is 3.48. The molecule has 7 nitrogen and oxygen atoms in total. The fourth-order valence-corrected chi connectivity index (χ4v) is 3.29. The van der Waals surface area contributed by atoms with Gasteiger partial charge in [0.15, 0.2) is 5.65 Å². The molecule has 1 fully saturated rings. The first-order valence-corrected chi connectivity index (χ1v) is 8.84. The third-order valence-electron chi connectivity index (χ3n) is 4.63. The van der Waals surface area contributed by atoms with Gasteiger partial charge < -0.3 is 10.1 Å². The summed E-state index contributed by atoms with van der Waals surface area (Å²) in [6.07, 6.45) is 3.53. The van der Waals surface area contributed by atoms with Gasteiger partial charge in [0.05, 0.1) is 17.3 Å². The quantitative estimate of drug-likeness (QED) is 0.740. The summed E-state index contributed by atoms with van der Waals surface area (Å²) < 4.78 is 21.5. The van der Waals surface area contributed by atoms with E-state index in [0.29, 0.717) is 23.4 Å². The van der Waals surface area contributed by atoms with E-state index >= 15 is 0 Å². The van der Waals surface area contributed by atoms with Crippen LogP contribution in [0.15, 0.2) is 47.4 Å². The molecule has 140 valence electrons. The largest absolute Gasteiger partial charge is 0.376 e. The molecule has 2 aromatic heterocycles. The van der Waals surface area contributed by atoms with Crippen LogP contribution in [0.2, 0.25) is 0 Å². The van der Waals surface area contributed by atoms with Crippen molar-refractivity contribution >= 4 is 17.1 Å². The second-order valence-electron chi connectivity index (χ2n) is 6.47. The zero-order valence-electron chi connectivity index (χ0n) is 14.6. The Morgan fingerprint density at radius 3 is 2.85 bits per heavy atom. The van der Waals surface area contributed by atoms with Crippen LogP contribution in [0.1, 0.15) is 12.8 Å². The standard InChI is InChI=1S/C19H19FN4O3/c20-13-5-7-14(8-6-13)24-18-16(4-1-9-21-18)23(19(24)26)12-17(25)22-11-15-3-2-10-27-15/h1,4-9,15H,2-3,10-12H2,(H,22,25). The summed E-state index contributed by atoms with van der Waals surface area (Å²) in [5, 5.41) is 2.82. The number of rotatable bonds is 5. The number of hydrogen-bond donors (Lipinski definition) is 1. The molecule has 27 heavy (non-hydrogen) atoms. The molecule has 0 radical (unpaired) electrons. The Bertz CT molecular complexity index is 1020. The molecule has 1 amide bonds. The fourth-order valence-electron chi connectivity index (χ4n) is 3.29. The van der Waals surface area contributed by atoms with Crippen LogP contribution in [-0.2, 0) is 16.1 Å². The van der Waals surface area contributed by atoms with Gasteiger partial charge in [0.25, 0.3) is 0 Å². The van der Waals surface area contributed by atoms with Crippen molar-refractivity contribution in [2.75, 3.05) is 13.2 Å². The number of pyridine rings is 1. The molecule has 3 heterocycles. The van der Waals surface area contributed by atoms with Gasteiger partial charge in [-0.15, -0.1) is 0 Å². The van der Waals surface area contributed by atoms with Gasteiger partial charge in [-0.3, -0.25) is 9.36 Å². The van der Waals surface area contributed by atoms with Gasteiger partial charge in [0, 0.05) is 19.3 Å². The molecule has 1 unspecified atom stereocenters. The first-order chi connectivity index (χ1) is 13.1. The number of imidazole rings is 1. The van der Waals surface area contributed by atoms with E-state index in [1.165, 1.54) is 33.4 Å². The minimum Gasteiger partial charge on any atom is -0.376 e. The van der Waals surface area contributed by atoms with E-state index in [4.69, 9.17) is 4.74 Å². The molecule has 1 saturated heterocycles. The average Bonchev–Trinajstić information content (AvgIpc) is 3.28. The number of aromatic nitrogens is 3. The molecule has 1 aliphatic heterocycles. The lowest BCUT2D eigenvalue weighted by Gasteiger charge is -2.11. The fraction of sp³-hybridized carbons (Fsp3) is 0.316. The number of fused-ring (bicyclic) bond motifs is 1. The van der Waals surface area contributed by atoms with Gasteiger partial charge >= 0.3 is 5.69 Å². The van der Waals surface area contributed by atoms with Gasteiger partial charge in [0.2, 0.25) is 5.91 Å². The van der Waals surface area contributed by atoms with Crippen LogP contribution in [0.3, 0.4) is 0 Å². The Labute approximate surface area is 154 Å². The lowest BCUT2D eigenvalue weighted by Crippen LogP contribution is -2.36. The second-order valence-corrected chi connectivity index (χ2v) is 6.47. The first kappa shape index (κ1) is 17.4. The van der Waals surface area contributed by atoms with Crippen molar-refractivity contribution in [2.24, 2.45) is 0 Å². The molecular formula is C19H19FN4O3. The zero-order valence-corrected chi connectivity index (χ0v) is 14.6. The zero-order chi connectivity index (χ0) is 18.8. The van der Waals surface area contributed by atoms with E-state index in [9.17, 15) is 14.0 Å². The minimum absolute atomic E-state index is 0.0351. The third-order valence-corrected chi connectivity index (χ3v) is 4.63. The lowest BCUT2D eigenvalue weighted by molar-refractivity contribution is -0.122. The summed E-state index contributed by atoms with van der Waals surface area (Å²) in [7, 11) is 0. The van der Waals surface area contributed by atoms with Crippen molar-refractivity contribution in [2.45, 2.75) is 25.5 Å². The second kappa shape index (κ2) is 7.32. The van der Waals surface area contributed by atoms with Crippen LogP contribution >= 0.6 is 0 Å². The number of halogens is 1. The molecule has 0 spiro atoms. The Kier molecular flexibility index (Phi) is 4.72. The number of carbonyl (C=O) groups is 1. The predicted octanol–water partition coefficient (Wildman–Crippen LogP) is 1.62. The molecule has 8 heteroatoms. The number of nitrogens with zero attached hydrogens (tertiary/aromatic N) is 3. The van der Waals surface area contributed by atoms with Crippen molar-refractivity contribution < 1.29 is 13.9 Å². The van der Waals surface area contributed by atoms with Gasteiger partial charge in [-0.1, -0.05) is 0 Å². The molecule has 1 N–H and O–H groups in total. The topological polar surface area (TPSA) is 78.2 Å². The van der Waals surface area contributed by atoms with Gasteiger partial charge in [-0.05, 0) is 49.2 Å². The Hall–Kier alpha value is -3.00. The molecule has 1 aromatic carbocycles. The molecule has 4 rings (SSSR count). The molecule has 0 bridgehead atoms. The van der Waals surface area contributed by atoms with E-state index in [1.807, 2.05) is 0 Å². The minimum atomic E-state index is -0.400. The summed E-state index contributed by atoms with van der Waals surface area (Å²) in [5.41, 5.74) is 1.05. The molecule has 1 aliphatic rings. The van der Waals surface area contributed by atoms with Gasteiger partial charge in [-0.25, -0.2) is 18.7 Å². The Morgan fingerprint density at radius 1 is 1.30 bits per heavy atom. The highest BCUT2D eigenvalue weighted by Crippen LogP contribution is 2.16. The van der Waals surface area contributed by atoms with Gasteiger partial charge in [-0.2, -0.15) is 0 Å². The van der Waals surface area contributed by atoms with Gasteiger partial charge in [0.1, 0.15) is 12.4 Å². The van der Waals surface area contributed by atoms with E-state index in [0.717, 1.165) is 19.4 Å². The first-order valence-electron chi connectivity index (χ1n) is 8.84. The highest BCUT2D eigenvalue weighted by molar-refractivity contribution is 5.80. The van der Waals surface area contributed by atoms with E-state index in [-0.39, 0.29) is 18.6 Å². The van der Waals surface area contributed by atoms with E-state index in [2.05, 4.69) is 10.3 Å². The van der Waals surface area contributed by atoms with Crippen molar-refractivity contribution in [3.8, 4) is 5.69 Å². The van der Waals surface area contributed by atoms with Crippen LogP contribution in [0.5, 0.6) is 0 Å². The monoisotopic (exact) mass is 370 g/mol. The number of ether oxygens (including phenoxy) is 1. The maximum absolute atomic E-state index is 13.2. The molecule has 1 atom stereocenters. The number of carbonyl (C=O) groups excluding carboxylic acids is 1. The predicted molar refractivity (Wildman–Crippen MR) is 97.3 cm³/mol. The highest BCUT2D eigenvalue weighted by atomic mass is 19.1. The molecule has 0 saturated carbocycles. The number of benzene rings is 1. The summed E-state index contributed by atoms with van der Waals surface area (Å²) in [6.45, 7) is 1.03. The van der Waals surface area contributed by atoms with Crippen LogP contribution in [0.25, 0.3) is 16.9 Å². The van der Waals surface area contributed by atoms with Crippen molar-refractivity contribution in [1.29, 1.82) is 0 Å². The summed E-state index contributed by atoms with van der Waals surface area (Å²) >= 11 is 0. The maximum Gasteiger partial charge on any atom is 0.335 e. The lowest BCUT2D eigenvalue weighted by atomic mass is 10.2. The smallest absolute Gasteiger partial charge is 0.335 e. The van der Waals surface area contributed by atoms with Crippen LogP contribution in [0.4, 0.5) is 4.39 Å².